The lowest BCUT2D eigenvalue weighted by molar-refractivity contribution is -0.119. The minimum absolute atomic E-state index is 0.0969. The van der Waals surface area contributed by atoms with Gasteiger partial charge in [-0.15, -0.1) is 5.10 Å². The molecule has 0 bridgehead atoms. The van der Waals surface area contributed by atoms with E-state index in [9.17, 15) is 4.79 Å². The standard InChI is InChI=1S/C10H16N4O2/c1-8-5-9(14-13-6-8)12-7-10(15)11-3-4-16-2/h5-6H,3-4,7H2,1-2H3,(H,11,15)(H,12,14). The zero-order chi connectivity index (χ0) is 11.8. The molecule has 0 aliphatic rings. The van der Waals surface area contributed by atoms with Crippen LogP contribution >= 0.6 is 0 Å². The smallest absolute Gasteiger partial charge is 0.239 e. The molecule has 0 aliphatic carbocycles. The van der Waals surface area contributed by atoms with E-state index in [1.807, 2.05) is 13.0 Å². The Morgan fingerprint density at radius 2 is 2.38 bits per heavy atom. The van der Waals surface area contributed by atoms with Gasteiger partial charge in [-0.05, 0) is 18.6 Å². The number of nitrogens with one attached hydrogen (secondary N) is 2. The van der Waals surface area contributed by atoms with Crippen molar-refractivity contribution in [1.82, 2.24) is 15.5 Å². The Morgan fingerprint density at radius 3 is 3.06 bits per heavy atom. The Bertz CT molecular complexity index is 343. The van der Waals surface area contributed by atoms with Crippen LogP contribution in [0.25, 0.3) is 0 Å². The van der Waals surface area contributed by atoms with E-state index in [-0.39, 0.29) is 12.5 Å². The summed E-state index contributed by atoms with van der Waals surface area (Å²) in [6.07, 6.45) is 1.66. The van der Waals surface area contributed by atoms with E-state index in [4.69, 9.17) is 4.74 Å². The van der Waals surface area contributed by atoms with Crippen LogP contribution in [-0.2, 0) is 9.53 Å². The zero-order valence-corrected chi connectivity index (χ0v) is 9.49. The molecule has 2 N–H and O–H groups in total. The van der Waals surface area contributed by atoms with E-state index >= 15 is 0 Å². The number of carbonyl (C=O) groups is 1. The van der Waals surface area contributed by atoms with Crippen molar-refractivity contribution in [1.29, 1.82) is 0 Å². The highest BCUT2D eigenvalue weighted by molar-refractivity contribution is 5.80. The predicted octanol–water partition coefficient (Wildman–Crippen LogP) is -0.0405. The SMILES string of the molecule is COCCNC(=O)CNc1cc(C)cnn1. The lowest BCUT2D eigenvalue weighted by Crippen LogP contribution is -2.32. The second-order valence-electron chi connectivity index (χ2n) is 3.31. The maximum Gasteiger partial charge on any atom is 0.239 e. The minimum Gasteiger partial charge on any atom is -0.383 e. The van der Waals surface area contributed by atoms with E-state index in [0.29, 0.717) is 19.0 Å². The van der Waals surface area contributed by atoms with Gasteiger partial charge in [0, 0.05) is 13.7 Å². The maximum atomic E-state index is 11.3. The number of rotatable bonds is 6. The van der Waals surface area contributed by atoms with Crippen LogP contribution in [0.2, 0.25) is 0 Å². The van der Waals surface area contributed by atoms with Gasteiger partial charge in [0.15, 0.2) is 0 Å². The topological polar surface area (TPSA) is 76.1 Å². The molecule has 1 heterocycles. The number of amides is 1. The average Bonchev–Trinajstić information content (AvgIpc) is 2.27. The number of hydrogen-bond donors (Lipinski definition) is 2. The number of carbonyl (C=O) groups excluding carboxylic acids is 1. The van der Waals surface area contributed by atoms with Crippen molar-refractivity contribution in [3.8, 4) is 0 Å². The molecule has 88 valence electrons. The number of aryl methyl sites for hydroxylation is 1. The van der Waals surface area contributed by atoms with Gasteiger partial charge in [-0.2, -0.15) is 5.10 Å². The molecule has 16 heavy (non-hydrogen) atoms. The molecule has 0 aliphatic heterocycles. The number of aromatic nitrogens is 2. The highest BCUT2D eigenvalue weighted by Crippen LogP contribution is 2.01. The van der Waals surface area contributed by atoms with Gasteiger partial charge in [-0.1, -0.05) is 0 Å². The molecule has 0 unspecified atom stereocenters. The Balaban J connectivity index is 2.26. The lowest BCUT2D eigenvalue weighted by Gasteiger charge is -2.06. The van der Waals surface area contributed by atoms with Crippen LogP contribution in [0.5, 0.6) is 0 Å². The fourth-order valence-corrected chi connectivity index (χ4v) is 1.08. The fraction of sp³-hybridized carbons (Fsp3) is 0.500. The van der Waals surface area contributed by atoms with E-state index in [2.05, 4.69) is 20.8 Å². The number of nitrogens with zero attached hydrogens (tertiary/aromatic N) is 2. The van der Waals surface area contributed by atoms with Crippen molar-refractivity contribution >= 4 is 11.7 Å². The Hall–Kier alpha value is -1.69. The zero-order valence-electron chi connectivity index (χ0n) is 9.49. The first-order valence-corrected chi connectivity index (χ1v) is 5.01. The molecule has 0 fully saturated rings. The molecule has 1 amide bonds. The summed E-state index contributed by atoms with van der Waals surface area (Å²) in [5, 5.41) is 13.2. The summed E-state index contributed by atoms with van der Waals surface area (Å²) in [6.45, 7) is 3.12. The van der Waals surface area contributed by atoms with Crippen LogP contribution in [-0.4, -0.2) is 42.9 Å². The van der Waals surface area contributed by atoms with E-state index in [1.165, 1.54) is 0 Å². The monoisotopic (exact) mass is 224 g/mol. The van der Waals surface area contributed by atoms with Crippen LogP contribution in [0, 0.1) is 6.92 Å². The van der Waals surface area contributed by atoms with Gasteiger partial charge in [0.25, 0.3) is 0 Å². The molecule has 1 aromatic heterocycles. The van der Waals surface area contributed by atoms with Crippen molar-refractivity contribution < 1.29 is 9.53 Å². The summed E-state index contributed by atoms with van der Waals surface area (Å²) in [6, 6.07) is 1.83. The predicted molar refractivity (Wildman–Crippen MR) is 60.1 cm³/mol. The average molecular weight is 224 g/mol. The third-order valence-electron chi connectivity index (χ3n) is 1.85. The molecule has 0 atom stereocenters. The first kappa shape index (κ1) is 12.4. The first-order valence-electron chi connectivity index (χ1n) is 5.01. The molecule has 6 heteroatoms. The number of ether oxygens (including phenoxy) is 1. The summed E-state index contributed by atoms with van der Waals surface area (Å²) >= 11 is 0. The Labute approximate surface area is 94.4 Å². The van der Waals surface area contributed by atoms with Crippen LogP contribution in [0.3, 0.4) is 0 Å². The highest BCUT2D eigenvalue weighted by Gasteiger charge is 2.01. The van der Waals surface area contributed by atoms with Crippen LogP contribution in [0.15, 0.2) is 12.3 Å². The van der Waals surface area contributed by atoms with Crippen molar-refractivity contribution in [3.63, 3.8) is 0 Å². The number of anilines is 1. The summed E-state index contributed by atoms with van der Waals surface area (Å²) in [7, 11) is 1.59. The van der Waals surface area contributed by atoms with Crippen molar-refractivity contribution in [2.45, 2.75) is 6.92 Å². The van der Waals surface area contributed by atoms with Gasteiger partial charge in [0.05, 0.1) is 19.3 Å². The minimum atomic E-state index is -0.0969. The molecule has 0 spiro atoms. The van der Waals surface area contributed by atoms with Crippen molar-refractivity contribution in [2.24, 2.45) is 0 Å². The molecule has 0 radical (unpaired) electrons. The maximum absolute atomic E-state index is 11.3. The molecular weight excluding hydrogens is 208 g/mol. The van der Waals surface area contributed by atoms with Crippen LogP contribution < -0.4 is 10.6 Å². The van der Waals surface area contributed by atoms with Gasteiger partial charge in [0.2, 0.25) is 5.91 Å². The Morgan fingerprint density at radius 1 is 1.56 bits per heavy atom. The second-order valence-corrected chi connectivity index (χ2v) is 3.31. The van der Waals surface area contributed by atoms with Gasteiger partial charge in [0.1, 0.15) is 5.82 Å². The second kappa shape index (κ2) is 6.73. The normalized spacial score (nSPS) is 9.88. The van der Waals surface area contributed by atoms with Gasteiger partial charge < -0.3 is 15.4 Å². The van der Waals surface area contributed by atoms with Gasteiger partial charge >= 0.3 is 0 Å². The van der Waals surface area contributed by atoms with Gasteiger partial charge in [-0.25, -0.2) is 0 Å². The van der Waals surface area contributed by atoms with Crippen molar-refractivity contribution in [2.75, 3.05) is 32.1 Å². The summed E-state index contributed by atoms with van der Waals surface area (Å²) in [5.74, 6) is 0.502. The van der Waals surface area contributed by atoms with E-state index < -0.39 is 0 Å². The van der Waals surface area contributed by atoms with Crippen molar-refractivity contribution in [3.05, 3.63) is 17.8 Å². The van der Waals surface area contributed by atoms with E-state index in [1.54, 1.807) is 13.3 Å². The summed E-state index contributed by atoms with van der Waals surface area (Å²) in [5.41, 5.74) is 0.997. The first-order chi connectivity index (χ1) is 7.72. The molecule has 6 nitrogen and oxygen atoms in total. The molecule has 0 aromatic carbocycles. The summed E-state index contributed by atoms with van der Waals surface area (Å²) in [4.78, 5) is 11.3. The molecule has 0 saturated heterocycles. The Kier molecular flexibility index (Phi) is 5.21. The number of methoxy groups -OCH3 is 1. The number of hydrogen-bond acceptors (Lipinski definition) is 5. The third-order valence-corrected chi connectivity index (χ3v) is 1.85. The summed E-state index contributed by atoms with van der Waals surface area (Å²) < 4.78 is 4.81. The molecule has 1 rings (SSSR count). The van der Waals surface area contributed by atoms with Gasteiger partial charge in [-0.3, -0.25) is 4.79 Å². The largest absolute Gasteiger partial charge is 0.383 e. The lowest BCUT2D eigenvalue weighted by atomic mass is 10.3. The van der Waals surface area contributed by atoms with E-state index in [0.717, 1.165) is 5.56 Å². The molecular formula is C10H16N4O2. The molecule has 1 aromatic rings. The quantitative estimate of drug-likeness (QED) is 0.663. The molecule has 0 saturated carbocycles. The fourth-order valence-electron chi connectivity index (χ4n) is 1.08. The third kappa shape index (κ3) is 4.70. The van der Waals surface area contributed by atoms with Crippen LogP contribution in [0.1, 0.15) is 5.56 Å². The van der Waals surface area contributed by atoms with Crippen LogP contribution in [0.4, 0.5) is 5.82 Å². The highest BCUT2D eigenvalue weighted by atomic mass is 16.5.